The molecule has 0 aliphatic heterocycles. The van der Waals surface area contributed by atoms with Gasteiger partial charge in [0.05, 0.1) is 0 Å². The van der Waals surface area contributed by atoms with Crippen molar-refractivity contribution in [2.75, 3.05) is 7.05 Å². The molecule has 1 aromatic rings. The molecule has 0 saturated heterocycles. The van der Waals surface area contributed by atoms with Crippen LogP contribution < -0.4 is 5.32 Å². The largest absolute Gasteiger partial charge is 0.313 e. The van der Waals surface area contributed by atoms with Gasteiger partial charge in [-0.25, -0.2) is 4.39 Å². The topological polar surface area (TPSA) is 12.0 Å². The first-order chi connectivity index (χ1) is 7.24. The minimum atomic E-state index is -0.183. The molecular weight excluding hydrogens is 189 g/mol. The molecule has 0 amide bonds. The number of rotatable bonds is 2. The fourth-order valence-electron chi connectivity index (χ4n) is 0.918. The van der Waals surface area contributed by atoms with Crippen molar-refractivity contribution in [1.29, 1.82) is 0 Å². The van der Waals surface area contributed by atoms with Gasteiger partial charge in [0.25, 0.3) is 0 Å². The first-order valence-corrected chi connectivity index (χ1v) is 5.67. The van der Waals surface area contributed by atoms with Crippen LogP contribution in [0.15, 0.2) is 24.3 Å². The van der Waals surface area contributed by atoms with Gasteiger partial charge in [-0.1, -0.05) is 39.8 Å². The van der Waals surface area contributed by atoms with Crippen LogP contribution in [-0.2, 0) is 0 Å². The van der Waals surface area contributed by atoms with Crippen molar-refractivity contribution in [3.63, 3.8) is 0 Å². The summed E-state index contributed by atoms with van der Waals surface area (Å²) in [6.45, 7) is 10.0. The molecule has 88 valence electrons. The molecule has 0 saturated carbocycles. The highest BCUT2D eigenvalue weighted by molar-refractivity contribution is 5.18. The number of hydrogen-bond acceptors (Lipinski definition) is 1. The van der Waals surface area contributed by atoms with E-state index in [1.54, 1.807) is 12.1 Å². The first-order valence-electron chi connectivity index (χ1n) is 5.67. The zero-order chi connectivity index (χ0) is 12.3. The van der Waals surface area contributed by atoms with Gasteiger partial charge in [0, 0.05) is 6.04 Å². The Morgan fingerprint density at radius 3 is 1.73 bits per heavy atom. The molecule has 2 heteroatoms. The molecule has 0 radical (unpaired) electrons. The number of hydrogen-bond donors (Lipinski definition) is 1. The first kappa shape index (κ1) is 16.5. The van der Waals surface area contributed by atoms with Crippen molar-refractivity contribution in [2.24, 2.45) is 0 Å². The Balaban J connectivity index is 0. The third kappa shape index (κ3) is 7.09. The zero-order valence-electron chi connectivity index (χ0n) is 10.8. The summed E-state index contributed by atoms with van der Waals surface area (Å²) >= 11 is 0. The fraction of sp³-hybridized carbons (Fsp3) is 0.538. The van der Waals surface area contributed by atoms with Gasteiger partial charge in [-0.05, 0) is 31.7 Å². The normalized spacial score (nSPS) is 10.3. The van der Waals surface area contributed by atoms with Crippen molar-refractivity contribution in [2.45, 2.75) is 40.7 Å². The van der Waals surface area contributed by atoms with Crippen molar-refractivity contribution >= 4 is 0 Å². The van der Waals surface area contributed by atoms with E-state index in [0.717, 1.165) is 5.56 Å². The maximum absolute atomic E-state index is 12.4. The predicted octanol–water partition coefficient (Wildman–Crippen LogP) is 4.16. The zero-order valence-corrected chi connectivity index (χ0v) is 10.8. The Morgan fingerprint density at radius 2 is 1.40 bits per heavy atom. The van der Waals surface area contributed by atoms with Gasteiger partial charge < -0.3 is 5.32 Å². The van der Waals surface area contributed by atoms with E-state index in [-0.39, 0.29) is 11.9 Å². The van der Waals surface area contributed by atoms with E-state index < -0.39 is 0 Å². The molecule has 1 aromatic carbocycles. The third-order valence-corrected chi connectivity index (χ3v) is 1.80. The molecule has 0 fully saturated rings. The van der Waals surface area contributed by atoms with Gasteiger partial charge in [-0.3, -0.25) is 0 Å². The fourth-order valence-corrected chi connectivity index (χ4v) is 0.918. The molecule has 1 nitrogen and oxygen atoms in total. The van der Waals surface area contributed by atoms with Gasteiger partial charge in [0.2, 0.25) is 0 Å². The molecule has 1 unspecified atom stereocenters. The smallest absolute Gasteiger partial charge is 0.123 e. The molecule has 0 aromatic heterocycles. The second-order valence-corrected chi connectivity index (χ2v) is 2.56. The number of halogens is 1. The SMILES string of the molecule is CC.CC.CNC(C)c1ccc(F)cc1. The summed E-state index contributed by atoms with van der Waals surface area (Å²) in [6.07, 6.45) is 0. The molecule has 1 N–H and O–H groups in total. The van der Waals surface area contributed by atoms with E-state index in [4.69, 9.17) is 0 Å². The third-order valence-electron chi connectivity index (χ3n) is 1.80. The van der Waals surface area contributed by atoms with Crippen LogP contribution in [-0.4, -0.2) is 7.05 Å². The van der Waals surface area contributed by atoms with Crippen molar-refractivity contribution in [3.8, 4) is 0 Å². The molecule has 1 atom stereocenters. The van der Waals surface area contributed by atoms with Crippen LogP contribution in [0, 0.1) is 5.82 Å². The van der Waals surface area contributed by atoms with Crippen LogP contribution in [0.4, 0.5) is 4.39 Å². The van der Waals surface area contributed by atoms with E-state index in [0.29, 0.717) is 0 Å². The van der Waals surface area contributed by atoms with E-state index in [1.165, 1.54) is 12.1 Å². The highest BCUT2D eigenvalue weighted by atomic mass is 19.1. The summed E-state index contributed by atoms with van der Waals surface area (Å²) < 4.78 is 12.4. The van der Waals surface area contributed by atoms with Crippen molar-refractivity contribution < 1.29 is 4.39 Å². The second kappa shape index (κ2) is 11.2. The lowest BCUT2D eigenvalue weighted by atomic mass is 10.1. The summed E-state index contributed by atoms with van der Waals surface area (Å²) in [5.74, 6) is -0.183. The summed E-state index contributed by atoms with van der Waals surface area (Å²) in [5.41, 5.74) is 1.11. The van der Waals surface area contributed by atoms with Gasteiger partial charge in [0.15, 0.2) is 0 Å². The van der Waals surface area contributed by atoms with Crippen LogP contribution in [0.25, 0.3) is 0 Å². The Bertz CT molecular complexity index is 218. The van der Waals surface area contributed by atoms with E-state index in [9.17, 15) is 4.39 Å². The molecule has 0 aliphatic rings. The highest BCUT2D eigenvalue weighted by Gasteiger charge is 2.00. The van der Waals surface area contributed by atoms with Crippen LogP contribution in [0.2, 0.25) is 0 Å². The average molecular weight is 213 g/mol. The Kier molecular flexibility index (Phi) is 12.3. The Hall–Kier alpha value is -0.890. The van der Waals surface area contributed by atoms with Crippen LogP contribution >= 0.6 is 0 Å². The molecule has 1 rings (SSSR count). The Labute approximate surface area is 93.7 Å². The van der Waals surface area contributed by atoms with Gasteiger partial charge >= 0.3 is 0 Å². The van der Waals surface area contributed by atoms with E-state index in [2.05, 4.69) is 5.32 Å². The predicted molar refractivity (Wildman–Crippen MR) is 66.6 cm³/mol. The lowest BCUT2D eigenvalue weighted by molar-refractivity contribution is 0.619. The highest BCUT2D eigenvalue weighted by Crippen LogP contribution is 2.11. The standard InChI is InChI=1S/C9H12FN.2C2H6/c1-7(11-2)8-3-5-9(10)6-4-8;2*1-2/h3-7,11H,1-2H3;2*1-2H3. The number of nitrogens with one attached hydrogen (secondary N) is 1. The van der Waals surface area contributed by atoms with Gasteiger partial charge in [0.1, 0.15) is 5.82 Å². The molecular formula is C13H24FN. The molecule has 0 aliphatic carbocycles. The Morgan fingerprint density at radius 1 is 1.00 bits per heavy atom. The molecule has 0 heterocycles. The van der Waals surface area contributed by atoms with Crippen LogP contribution in [0.1, 0.15) is 46.2 Å². The summed E-state index contributed by atoms with van der Waals surface area (Å²) in [6, 6.07) is 6.81. The molecule has 0 bridgehead atoms. The molecule has 0 spiro atoms. The summed E-state index contributed by atoms with van der Waals surface area (Å²) in [5, 5.41) is 3.08. The van der Waals surface area contributed by atoms with Crippen molar-refractivity contribution in [1.82, 2.24) is 5.32 Å². The van der Waals surface area contributed by atoms with Crippen LogP contribution in [0.3, 0.4) is 0 Å². The summed E-state index contributed by atoms with van der Waals surface area (Å²) in [7, 11) is 1.88. The average Bonchev–Trinajstić information content (AvgIpc) is 2.34. The van der Waals surface area contributed by atoms with Gasteiger partial charge in [-0.2, -0.15) is 0 Å². The van der Waals surface area contributed by atoms with E-state index >= 15 is 0 Å². The maximum Gasteiger partial charge on any atom is 0.123 e. The minimum absolute atomic E-state index is 0.183. The van der Waals surface area contributed by atoms with Gasteiger partial charge in [-0.15, -0.1) is 0 Å². The van der Waals surface area contributed by atoms with Crippen LogP contribution in [0.5, 0.6) is 0 Å². The quantitative estimate of drug-likeness (QED) is 0.778. The second-order valence-electron chi connectivity index (χ2n) is 2.56. The lowest BCUT2D eigenvalue weighted by Gasteiger charge is -2.09. The minimum Gasteiger partial charge on any atom is -0.313 e. The van der Waals surface area contributed by atoms with Crippen molar-refractivity contribution in [3.05, 3.63) is 35.6 Å². The lowest BCUT2D eigenvalue weighted by Crippen LogP contribution is -2.11. The number of benzene rings is 1. The molecule has 15 heavy (non-hydrogen) atoms. The monoisotopic (exact) mass is 213 g/mol. The van der Waals surface area contributed by atoms with E-state index in [1.807, 2.05) is 41.7 Å². The maximum atomic E-state index is 12.4. The summed E-state index contributed by atoms with van der Waals surface area (Å²) in [4.78, 5) is 0.